The Labute approximate surface area is 179 Å². The van der Waals surface area contributed by atoms with Gasteiger partial charge in [-0.3, -0.25) is 9.69 Å². The molecule has 1 atom stereocenters. The molecule has 0 aliphatic carbocycles. The number of rotatable bonds is 7. The number of amides is 1. The second kappa shape index (κ2) is 9.36. The van der Waals surface area contributed by atoms with E-state index >= 15 is 0 Å². The molecule has 2 saturated heterocycles. The van der Waals surface area contributed by atoms with E-state index in [1.54, 1.807) is 12.1 Å². The van der Waals surface area contributed by atoms with Gasteiger partial charge in [0, 0.05) is 26.2 Å². The van der Waals surface area contributed by atoms with E-state index in [-0.39, 0.29) is 17.6 Å². The molecule has 0 bridgehead atoms. The lowest BCUT2D eigenvalue weighted by molar-refractivity contribution is -0.0764. The number of hydrogen-bond acceptors (Lipinski definition) is 4. The average molecular weight is 411 g/mol. The normalized spacial score (nSPS) is 21.4. The summed E-state index contributed by atoms with van der Waals surface area (Å²) in [6, 6.07) is 12.5. The fourth-order valence-electron chi connectivity index (χ4n) is 4.74. The van der Waals surface area contributed by atoms with E-state index in [0.717, 1.165) is 51.7 Å². The number of nitrogens with one attached hydrogen (secondary N) is 1. The maximum atomic E-state index is 12.1. The summed E-state index contributed by atoms with van der Waals surface area (Å²) in [5.41, 5.74) is 2.82. The van der Waals surface area contributed by atoms with Crippen LogP contribution in [0.25, 0.3) is 0 Å². The van der Waals surface area contributed by atoms with Gasteiger partial charge in [0.05, 0.1) is 18.0 Å². The minimum atomic E-state index is -0.168. The average Bonchev–Trinajstić information content (AvgIpc) is 3.40. The summed E-state index contributed by atoms with van der Waals surface area (Å²) in [7, 11) is 0. The summed E-state index contributed by atoms with van der Waals surface area (Å²) >= 11 is 0. The number of ether oxygens (including phenoxy) is 1. The van der Waals surface area contributed by atoms with E-state index in [2.05, 4.69) is 48.3 Å². The summed E-state index contributed by atoms with van der Waals surface area (Å²) in [4.78, 5) is 14.6. The van der Waals surface area contributed by atoms with Crippen LogP contribution >= 0.6 is 0 Å². The molecule has 1 spiro atoms. The minimum absolute atomic E-state index is 0.00228. The molecule has 2 aromatic rings. The standard InChI is InChI=1S/C25H34N2O3/c1-19(2)16-20-5-7-21(8-6-20)18-27-13-11-25(12-14-27)10-9-22(30-25)17-26-24(28)23-4-3-15-29-23/h3-8,15,19,22H,9-14,16-18H2,1-2H3,(H,26,28). The Balaban J connectivity index is 1.21. The number of carbonyl (C=O) groups is 1. The maximum absolute atomic E-state index is 12.1. The fraction of sp³-hybridized carbons (Fsp3) is 0.560. The topological polar surface area (TPSA) is 54.7 Å². The van der Waals surface area contributed by atoms with Gasteiger partial charge in [0.25, 0.3) is 5.91 Å². The molecular formula is C25H34N2O3. The van der Waals surface area contributed by atoms with Crippen LogP contribution in [0.2, 0.25) is 0 Å². The molecule has 5 nitrogen and oxygen atoms in total. The Hall–Kier alpha value is -2.11. The van der Waals surface area contributed by atoms with Crippen molar-refractivity contribution >= 4 is 5.91 Å². The SMILES string of the molecule is CC(C)Cc1ccc(CN2CCC3(CCC(CNC(=O)c4ccco4)O3)CC2)cc1. The van der Waals surface area contributed by atoms with Crippen molar-refractivity contribution in [2.75, 3.05) is 19.6 Å². The highest BCUT2D eigenvalue weighted by molar-refractivity contribution is 5.91. The molecule has 1 N–H and O–H groups in total. The van der Waals surface area contributed by atoms with Gasteiger partial charge in [-0.05, 0) is 61.3 Å². The van der Waals surface area contributed by atoms with Gasteiger partial charge in [-0.25, -0.2) is 0 Å². The van der Waals surface area contributed by atoms with E-state index in [4.69, 9.17) is 9.15 Å². The summed E-state index contributed by atoms with van der Waals surface area (Å²) in [6.07, 6.45) is 7.00. The monoisotopic (exact) mass is 410 g/mol. The quantitative estimate of drug-likeness (QED) is 0.734. The van der Waals surface area contributed by atoms with Crippen LogP contribution in [0, 0.1) is 5.92 Å². The van der Waals surface area contributed by atoms with Crippen molar-refractivity contribution in [1.82, 2.24) is 10.2 Å². The van der Waals surface area contributed by atoms with Crippen LogP contribution in [0.1, 0.15) is 61.2 Å². The van der Waals surface area contributed by atoms with E-state index in [1.807, 2.05) is 0 Å². The van der Waals surface area contributed by atoms with Crippen molar-refractivity contribution < 1.29 is 13.9 Å². The van der Waals surface area contributed by atoms with Gasteiger partial charge in [-0.15, -0.1) is 0 Å². The molecule has 2 fully saturated rings. The third-order valence-corrected chi connectivity index (χ3v) is 6.41. The molecule has 0 saturated carbocycles. The minimum Gasteiger partial charge on any atom is -0.459 e. The number of furan rings is 1. The number of carbonyl (C=O) groups excluding carboxylic acids is 1. The predicted molar refractivity (Wildman–Crippen MR) is 117 cm³/mol. The molecule has 2 aliphatic heterocycles. The molecule has 1 aromatic carbocycles. The van der Waals surface area contributed by atoms with Crippen LogP contribution in [-0.4, -0.2) is 42.1 Å². The van der Waals surface area contributed by atoms with Gasteiger partial charge in [-0.1, -0.05) is 38.1 Å². The Bertz CT molecular complexity index is 805. The Morgan fingerprint density at radius 2 is 1.87 bits per heavy atom. The van der Waals surface area contributed by atoms with Gasteiger partial charge in [-0.2, -0.15) is 0 Å². The Kier molecular flexibility index (Phi) is 6.59. The van der Waals surface area contributed by atoms with Crippen LogP contribution < -0.4 is 5.32 Å². The van der Waals surface area contributed by atoms with Crippen molar-refractivity contribution in [2.24, 2.45) is 5.92 Å². The first kappa shape index (κ1) is 21.1. The van der Waals surface area contributed by atoms with Crippen molar-refractivity contribution in [3.05, 3.63) is 59.5 Å². The molecule has 30 heavy (non-hydrogen) atoms. The zero-order valence-corrected chi connectivity index (χ0v) is 18.2. The number of hydrogen-bond donors (Lipinski definition) is 1. The third-order valence-electron chi connectivity index (χ3n) is 6.41. The zero-order valence-electron chi connectivity index (χ0n) is 18.2. The molecule has 1 unspecified atom stereocenters. The highest BCUT2D eigenvalue weighted by atomic mass is 16.5. The largest absolute Gasteiger partial charge is 0.459 e. The number of likely N-dealkylation sites (tertiary alicyclic amines) is 1. The fourth-order valence-corrected chi connectivity index (χ4v) is 4.74. The lowest BCUT2D eigenvalue weighted by Gasteiger charge is -2.39. The molecule has 1 amide bonds. The molecule has 4 rings (SSSR count). The van der Waals surface area contributed by atoms with Gasteiger partial charge < -0.3 is 14.5 Å². The zero-order chi connectivity index (χ0) is 21.0. The van der Waals surface area contributed by atoms with E-state index < -0.39 is 0 Å². The molecule has 3 heterocycles. The second-order valence-corrected chi connectivity index (χ2v) is 9.34. The Morgan fingerprint density at radius 3 is 2.53 bits per heavy atom. The van der Waals surface area contributed by atoms with E-state index in [0.29, 0.717) is 18.2 Å². The first-order valence-corrected chi connectivity index (χ1v) is 11.3. The second-order valence-electron chi connectivity index (χ2n) is 9.34. The summed E-state index contributed by atoms with van der Waals surface area (Å²) in [5.74, 6) is 0.884. The van der Waals surface area contributed by atoms with Crippen LogP contribution in [0.4, 0.5) is 0 Å². The van der Waals surface area contributed by atoms with Gasteiger partial charge in [0.15, 0.2) is 5.76 Å². The van der Waals surface area contributed by atoms with E-state index in [9.17, 15) is 4.79 Å². The maximum Gasteiger partial charge on any atom is 0.287 e. The third kappa shape index (κ3) is 5.32. The van der Waals surface area contributed by atoms with Crippen LogP contribution in [0.5, 0.6) is 0 Å². The highest BCUT2D eigenvalue weighted by Gasteiger charge is 2.42. The first-order chi connectivity index (χ1) is 14.5. The number of nitrogens with zero attached hydrogens (tertiary/aromatic N) is 1. The number of piperidine rings is 1. The van der Waals surface area contributed by atoms with Crippen LogP contribution in [0.15, 0.2) is 47.1 Å². The van der Waals surface area contributed by atoms with E-state index in [1.165, 1.54) is 17.4 Å². The molecule has 5 heteroatoms. The molecule has 162 valence electrons. The molecule has 1 aromatic heterocycles. The van der Waals surface area contributed by atoms with Crippen molar-refractivity contribution in [3.8, 4) is 0 Å². The molecular weight excluding hydrogens is 376 g/mol. The van der Waals surface area contributed by atoms with Crippen molar-refractivity contribution in [3.63, 3.8) is 0 Å². The lowest BCUT2D eigenvalue weighted by atomic mass is 9.88. The summed E-state index contributed by atoms with van der Waals surface area (Å²) in [6.45, 7) is 8.23. The highest BCUT2D eigenvalue weighted by Crippen LogP contribution is 2.39. The van der Waals surface area contributed by atoms with Gasteiger partial charge in [0.2, 0.25) is 0 Å². The summed E-state index contributed by atoms with van der Waals surface area (Å²) in [5, 5.41) is 2.94. The van der Waals surface area contributed by atoms with Crippen molar-refractivity contribution in [2.45, 2.75) is 64.2 Å². The van der Waals surface area contributed by atoms with Gasteiger partial charge in [0.1, 0.15) is 0 Å². The lowest BCUT2D eigenvalue weighted by Crippen LogP contribution is -2.44. The van der Waals surface area contributed by atoms with Crippen LogP contribution in [-0.2, 0) is 17.7 Å². The smallest absolute Gasteiger partial charge is 0.287 e. The van der Waals surface area contributed by atoms with Gasteiger partial charge >= 0.3 is 0 Å². The first-order valence-electron chi connectivity index (χ1n) is 11.3. The number of benzene rings is 1. The van der Waals surface area contributed by atoms with Crippen molar-refractivity contribution in [1.29, 1.82) is 0 Å². The molecule has 0 radical (unpaired) electrons. The molecule has 2 aliphatic rings. The summed E-state index contributed by atoms with van der Waals surface area (Å²) < 4.78 is 11.6. The predicted octanol–water partition coefficient (Wildman–Crippen LogP) is 4.42. The van der Waals surface area contributed by atoms with Crippen LogP contribution in [0.3, 0.4) is 0 Å². The Morgan fingerprint density at radius 1 is 1.13 bits per heavy atom.